The van der Waals surface area contributed by atoms with E-state index in [-0.39, 0.29) is 13.5 Å². The van der Waals surface area contributed by atoms with Gasteiger partial charge in [-0.1, -0.05) is 27.4 Å². The summed E-state index contributed by atoms with van der Waals surface area (Å²) in [6.45, 7) is 9.75. The van der Waals surface area contributed by atoms with Gasteiger partial charge in [0, 0.05) is 0 Å². The minimum atomic E-state index is -0.210. The van der Waals surface area contributed by atoms with Crippen molar-refractivity contribution < 1.29 is 5.11 Å². The van der Waals surface area contributed by atoms with Gasteiger partial charge in [0.2, 0.25) is 0 Å². The van der Waals surface area contributed by atoms with E-state index < -0.39 is 0 Å². The third kappa shape index (κ3) is 5.02. The number of aliphatic hydroxyl groups excluding tert-OH is 1. The molecule has 0 aliphatic carbocycles. The van der Waals surface area contributed by atoms with E-state index >= 15 is 0 Å². The van der Waals surface area contributed by atoms with E-state index in [4.69, 9.17) is 0 Å². The summed E-state index contributed by atoms with van der Waals surface area (Å²) < 4.78 is 0. The molecule has 0 spiro atoms. The van der Waals surface area contributed by atoms with Crippen LogP contribution in [0.4, 0.5) is 0 Å². The number of hydrogen-bond acceptors (Lipinski definition) is 1. The van der Waals surface area contributed by atoms with Crippen molar-refractivity contribution in [3.8, 4) is 0 Å². The molecule has 0 amide bonds. The first-order valence-corrected chi connectivity index (χ1v) is 3.88. The quantitative estimate of drug-likeness (QED) is 0.624. The fourth-order valence-electron chi connectivity index (χ4n) is 1.22. The Morgan fingerprint density at radius 1 is 1.36 bits per heavy atom. The number of rotatable bonds is 4. The maximum Gasteiger partial charge on any atom is 0.0545 e. The minimum absolute atomic E-state index is 0. The molecule has 1 N–H and O–H groups in total. The molecule has 2 atom stereocenters. The summed E-state index contributed by atoms with van der Waals surface area (Å²) in [5, 5.41) is 9.27. The number of hydrogen-bond donors (Lipinski definition) is 1. The van der Waals surface area contributed by atoms with E-state index in [9.17, 15) is 5.11 Å². The van der Waals surface area contributed by atoms with Crippen LogP contribution >= 0.6 is 0 Å². The van der Waals surface area contributed by atoms with Crippen molar-refractivity contribution in [3.63, 3.8) is 0 Å². The van der Waals surface area contributed by atoms with Crippen LogP contribution in [0.25, 0.3) is 0 Å². The summed E-state index contributed by atoms with van der Waals surface area (Å²) in [5.41, 5.74) is 0. The van der Waals surface area contributed by atoms with Gasteiger partial charge in [-0.15, -0.1) is 6.58 Å². The highest BCUT2D eigenvalue weighted by Gasteiger charge is 2.16. The predicted octanol–water partition coefficient (Wildman–Crippen LogP) is 2.85. The first kappa shape index (κ1) is 13.3. The molecule has 1 heteroatoms. The SMILES string of the molecule is C.C=CC[C@H](C(C)C)[C@H](C)O. The Kier molecular flexibility index (Phi) is 7.75. The molecule has 0 bridgehead atoms. The lowest BCUT2D eigenvalue weighted by Crippen LogP contribution is -2.21. The standard InChI is InChI=1S/C9H18O.CH4/c1-5-6-9(7(2)3)8(4)10;/h5,7-10H,1,6H2,2-4H3;1H4/t8-,9+;/m0./s1. The van der Waals surface area contributed by atoms with Crippen molar-refractivity contribution in [1.82, 2.24) is 0 Å². The van der Waals surface area contributed by atoms with Gasteiger partial charge in [-0.05, 0) is 25.2 Å². The molecule has 0 rings (SSSR count). The summed E-state index contributed by atoms with van der Waals surface area (Å²) in [4.78, 5) is 0. The van der Waals surface area contributed by atoms with Crippen LogP contribution in [-0.2, 0) is 0 Å². The second kappa shape index (κ2) is 6.41. The van der Waals surface area contributed by atoms with Crippen molar-refractivity contribution in [3.05, 3.63) is 12.7 Å². The van der Waals surface area contributed by atoms with E-state index in [1.165, 1.54) is 0 Å². The third-order valence-corrected chi connectivity index (χ3v) is 1.91. The zero-order valence-corrected chi connectivity index (χ0v) is 7.17. The molecule has 0 aromatic heterocycles. The van der Waals surface area contributed by atoms with Crippen LogP contribution in [0.5, 0.6) is 0 Å². The van der Waals surface area contributed by atoms with Crippen molar-refractivity contribution >= 4 is 0 Å². The van der Waals surface area contributed by atoms with Gasteiger partial charge < -0.3 is 5.11 Å². The van der Waals surface area contributed by atoms with Gasteiger partial charge in [0.1, 0.15) is 0 Å². The van der Waals surface area contributed by atoms with Gasteiger partial charge >= 0.3 is 0 Å². The highest BCUT2D eigenvalue weighted by atomic mass is 16.3. The van der Waals surface area contributed by atoms with Gasteiger partial charge in [0.25, 0.3) is 0 Å². The first-order valence-electron chi connectivity index (χ1n) is 3.88. The average Bonchev–Trinajstić information content (AvgIpc) is 1.81. The molecule has 0 fully saturated rings. The Bertz CT molecular complexity index is 87.0. The second-order valence-electron chi connectivity index (χ2n) is 3.17. The van der Waals surface area contributed by atoms with Crippen LogP contribution in [-0.4, -0.2) is 11.2 Å². The highest BCUT2D eigenvalue weighted by molar-refractivity contribution is 4.78. The molecule has 0 aliphatic heterocycles. The van der Waals surface area contributed by atoms with Crippen molar-refractivity contribution in [2.45, 2.75) is 40.7 Å². The van der Waals surface area contributed by atoms with Gasteiger partial charge in [0.15, 0.2) is 0 Å². The molecule has 1 nitrogen and oxygen atoms in total. The molecule has 11 heavy (non-hydrogen) atoms. The highest BCUT2D eigenvalue weighted by Crippen LogP contribution is 2.19. The smallest absolute Gasteiger partial charge is 0.0545 e. The zero-order valence-electron chi connectivity index (χ0n) is 7.17. The van der Waals surface area contributed by atoms with E-state index in [2.05, 4.69) is 20.4 Å². The molecule has 0 aliphatic rings. The molecule has 68 valence electrons. The molecular formula is C10H22O. The Morgan fingerprint density at radius 2 is 1.82 bits per heavy atom. The van der Waals surface area contributed by atoms with Crippen molar-refractivity contribution in [1.29, 1.82) is 0 Å². The summed E-state index contributed by atoms with van der Waals surface area (Å²) in [7, 11) is 0. The van der Waals surface area contributed by atoms with Crippen LogP contribution in [0, 0.1) is 11.8 Å². The Labute approximate surface area is 71.1 Å². The lowest BCUT2D eigenvalue weighted by molar-refractivity contribution is 0.0994. The van der Waals surface area contributed by atoms with E-state index in [0.29, 0.717) is 11.8 Å². The van der Waals surface area contributed by atoms with Gasteiger partial charge in [-0.25, -0.2) is 0 Å². The summed E-state index contributed by atoms with van der Waals surface area (Å²) in [6.07, 6.45) is 2.57. The Hall–Kier alpha value is -0.300. The maximum absolute atomic E-state index is 9.27. The largest absolute Gasteiger partial charge is 0.393 e. The fraction of sp³-hybridized carbons (Fsp3) is 0.800. The summed E-state index contributed by atoms with van der Waals surface area (Å²) in [5.74, 6) is 0.912. The first-order chi connectivity index (χ1) is 4.59. The second-order valence-corrected chi connectivity index (χ2v) is 3.17. The molecule has 0 aromatic rings. The average molecular weight is 158 g/mol. The molecular weight excluding hydrogens is 136 g/mol. The molecule has 0 aromatic carbocycles. The maximum atomic E-state index is 9.27. The monoisotopic (exact) mass is 158 g/mol. The van der Waals surface area contributed by atoms with Crippen LogP contribution in [0.2, 0.25) is 0 Å². The number of aliphatic hydroxyl groups is 1. The van der Waals surface area contributed by atoms with E-state index in [1.54, 1.807) is 0 Å². The lowest BCUT2D eigenvalue weighted by Gasteiger charge is -2.21. The van der Waals surface area contributed by atoms with E-state index in [1.807, 2.05) is 13.0 Å². The van der Waals surface area contributed by atoms with Crippen LogP contribution < -0.4 is 0 Å². The molecule has 0 unspecified atom stereocenters. The van der Waals surface area contributed by atoms with Crippen LogP contribution in [0.1, 0.15) is 34.6 Å². The molecule has 0 saturated heterocycles. The van der Waals surface area contributed by atoms with Crippen molar-refractivity contribution in [2.24, 2.45) is 11.8 Å². The third-order valence-electron chi connectivity index (χ3n) is 1.91. The van der Waals surface area contributed by atoms with Gasteiger partial charge in [-0.3, -0.25) is 0 Å². The number of allylic oxidation sites excluding steroid dienone is 1. The minimum Gasteiger partial charge on any atom is -0.393 e. The summed E-state index contributed by atoms with van der Waals surface area (Å²) in [6, 6.07) is 0. The van der Waals surface area contributed by atoms with Crippen LogP contribution in [0.3, 0.4) is 0 Å². The molecule has 0 saturated carbocycles. The fourth-order valence-corrected chi connectivity index (χ4v) is 1.22. The van der Waals surface area contributed by atoms with Crippen LogP contribution in [0.15, 0.2) is 12.7 Å². The Balaban J connectivity index is 0. The van der Waals surface area contributed by atoms with Gasteiger partial charge in [-0.2, -0.15) is 0 Å². The summed E-state index contributed by atoms with van der Waals surface area (Å²) >= 11 is 0. The van der Waals surface area contributed by atoms with Crippen molar-refractivity contribution in [2.75, 3.05) is 0 Å². The topological polar surface area (TPSA) is 20.2 Å². The molecule has 0 heterocycles. The Morgan fingerprint density at radius 3 is 1.91 bits per heavy atom. The zero-order chi connectivity index (χ0) is 8.15. The normalized spacial score (nSPS) is 15.4. The van der Waals surface area contributed by atoms with Gasteiger partial charge in [0.05, 0.1) is 6.10 Å². The predicted molar refractivity (Wildman–Crippen MR) is 51.6 cm³/mol. The lowest BCUT2D eigenvalue weighted by atomic mass is 9.88. The van der Waals surface area contributed by atoms with E-state index in [0.717, 1.165) is 6.42 Å². The molecule has 0 radical (unpaired) electrons.